The normalized spacial score (nSPS) is 11.3. The molecule has 0 saturated heterocycles. The minimum absolute atomic E-state index is 0.0405. The van der Waals surface area contributed by atoms with Crippen molar-refractivity contribution in [1.82, 2.24) is 9.55 Å². The second kappa shape index (κ2) is 8.81. The summed E-state index contributed by atoms with van der Waals surface area (Å²) in [5.41, 5.74) is 5.82. The molecule has 32 heavy (non-hydrogen) atoms. The van der Waals surface area contributed by atoms with Crippen molar-refractivity contribution in [3.05, 3.63) is 89.6 Å². The van der Waals surface area contributed by atoms with Gasteiger partial charge in [-0.1, -0.05) is 65.4 Å². The summed E-state index contributed by atoms with van der Waals surface area (Å²) in [7, 11) is 0. The molecular weight excluding hydrogens is 434 g/mol. The smallest absolute Gasteiger partial charge is 0.236 e. The van der Waals surface area contributed by atoms with E-state index in [1.165, 1.54) is 38.9 Å². The predicted molar refractivity (Wildman–Crippen MR) is 136 cm³/mol. The summed E-state index contributed by atoms with van der Waals surface area (Å²) >= 11 is 3.08. The fourth-order valence-electron chi connectivity index (χ4n) is 3.85. The summed E-state index contributed by atoms with van der Waals surface area (Å²) in [6.45, 7) is 4.98. The summed E-state index contributed by atoms with van der Waals surface area (Å²) in [5, 5.41) is 4.79. The number of anilines is 1. The predicted octanol–water partition coefficient (Wildman–Crippen LogP) is 6.65. The lowest BCUT2D eigenvalue weighted by molar-refractivity contribution is -0.113. The molecule has 0 spiro atoms. The van der Waals surface area contributed by atoms with Crippen molar-refractivity contribution in [2.45, 2.75) is 25.3 Å². The summed E-state index contributed by atoms with van der Waals surface area (Å²) < 4.78 is 3.35. The quantitative estimate of drug-likeness (QED) is 0.291. The van der Waals surface area contributed by atoms with Crippen LogP contribution in [0.25, 0.3) is 21.1 Å². The molecule has 0 aliphatic rings. The van der Waals surface area contributed by atoms with E-state index < -0.39 is 0 Å². The lowest BCUT2D eigenvalue weighted by Gasteiger charge is -2.06. The number of aromatic nitrogens is 2. The summed E-state index contributed by atoms with van der Waals surface area (Å²) in [5.74, 6) is 0.300. The van der Waals surface area contributed by atoms with E-state index in [-0.39, 0.29) is 5.91 Å². The van der Waals surface area contributed by atoms with Crippen molar-refractivity contribution in [2.75, 3.05) is 11.1 Å². The summed E-state index contributed by atoms with van der Waals surface area (Å²) in [4.78, 5) is 18.3. The monoisotopic (exact) mass is 457 g/mol. The number of aryl methyl sites for hydroxylation is 2. The van der Waals surface area contributed by atoms with E-state index in [4.69, 9.17) is 0 Å². The number of hydrogen-bond acceptors (Lipinski definition) is 4. The fraction of sp³-hybridized carbons (Fsp3) is 0.154. The van der Waals surface area contributed by atoms with Gasteiger partial charge in [-0.25, -0.2) is 4.98 Å². The topological polar surface area (TPSA) is 46.9 Å². The van der Waals surface area contributed by atoms with Gasteiger partial charge in [-0.15, -0.1) is 11.8 Å². The van der Waals surface area contributed by atoms with E-state index in [0.717, 1.165) is 21.7 Å². The molecule has 0 bridgehead atoms. The first-order valence-corrected chi connectivity index (χ1v) is 12.3. The van der Waals surface area contributed by atoms with Gasteiger partial charge in [0.15, 0.2) is 5.13 Å². The third-order valence-corrected chi connectivity index (χ3v) is 7.31. The first-order chi connectivity index (χ1) is 15.5. The number of hydrogen-bond donors (Lipinski definition) is 1. The highest BCUT2D eigenvalue weighted by atomic mass is 32.2. The molecule has 2 aromatic heterocycles. The number of amides is 1. The van der Waals surface area contributed by atoms with Gasteiger partial charge in [0.2, 0.25) is 5.91 Å². The number of nitrogens with one attached hydrogen (secondary N) is 1. The molecule has 0 aliphatic carbocycles. The number of nitrogens with zero attached hydrogens (tertiary/aromatic N) is 2. The molecule has 5 rings (SSSR count). The summed E-state index contributed by atoms with van der Waals surface area (Å²) in [6, 6.07) is 23.1. The molecule has 1 N–H and O–H groups in total. The molecule has 0 fully saturated rings. The number of para-hydroxylation sites is 1. The minimum atomic E-state index is -0.0405. The van der Waals surface area contributed by atoms with Crippen molar-refractivity contribution in [3.63, 3.8) is 0 Å². The molecule has 5 aromatic rings. The van der Waals surface area contributed by atoms with Crippen LogP contribution in [0.5, 0.6) is 0 Å². The average molecular weight is 458 g/mol. The molecule has 3 aromatic carbocycles. The molecule has 160 valence electrons. The van der Waals surface area contributed by atoms with Crippen LogP contribution < -0.4 is 5.32 Å². The zero-order valence-electron chi connectivity index (χ0n) is 18.0. The Hall–Kier alpha value is -3.09. The van der Waals surface area contributed by atoms with Gasteiger partial charge >= 0.3 is 0 Å². The molecule has 0 atom stereocenters. The third kappa shape index (κ3) is 4.42. The summed E-state index contributed by atoms with van der Waals surface area (Å²) in [6.07, 6.45) is 2.16. The standard InChI is InChI=1S/C26H23N3OS2/c1-17-6-5-7-19(12-17)14-29-15-24(20-8-3-4-9-22(20)29)31-16-25(30)28-26-27-21-11-10-18(2)13-23(21)32-26/h3-13,15H,14,16H2,1-2H3,(H,27,28,30). The van der Waals surface area contributed by atoms with Crippen LogP contribution in [0, 0.1) is 13.8 Å². The van der Waals surface area contributed by atoms with Gasteiger partial charge in [0.25, 0.3) is 0 Å². The Balaban J connectivity index is 1.31. The largest absolute Gasteiger partial charge is 0.342 e. The van der Waals surface area contributed by atoms with Crippen LogP contribution in [0.15, 0.2) is 77.8 Å². The maximum absolute atomic E-state index is 12.6. The van der Waals surface area contributed by atoms with E-state index in [9.17, 15) is 4.79 Å². The fourth-order valence-corrected chi connectivity index (χ4v) is 5.72. The maximum Gasteiger partial charge on any atom is 0.236 e. The zero-order chi connectivity index (χ0) is 22.1. The van der Waals surface area contributed by atoms with Gasteiger partial charge in [0.05, 0.1) is 16.0 Å². The van der Waals surface area contributed by atoms with Crippen LogP contribution in [0.3, 0.4) is 0 Å². The van der Waals surface area contributed by atoms with Gasteiger partial charge in [-0.05, 0) is 43.2 Å². The van der Waals surface area contributed by atoms with Crippen molar-refractivity contribution in [3.8, 4) is 0 Å². The maximum atomic E-state index is 12.6. The molecule has 4 nitrogen and oxygen atoms in total. The van der Waals surface area contributed by atoms with E-state index in [1.54, 1.807) is 11.8 Å². The Kier molecular flexibility index (Phi) is 5.72. The number of thiazole rings is 1. The minimum Gasteiger partial charge on any atom is -0.342 e. The molecule has 6 heteroatoms. The second-order valence-corrected chi connectivity index (χ2v) is 10.0. The molecule has 1 amide bonds. The zero-order valence-corrected chi connectivity index (χ0v) is 19.6. The van der Waals surface area contributed by atoms with Gasteiger partial charge in [-0.3, -0.25) is 4.79 Å². The van der Waals surface area contributed by atoms with Crippen LogP contribution in [-0.4, -0.2) is 21.2 Å². The number of carbonyl (C=O) groups is 1. The van der Waals surface area contributed by atoms with E-state index in [2.05, 4.69) is 83.4 Å². The number of carbonyl (C=O) groups excluding carboxylic acids is 1. The van der Waals surface area contributed by atoms with Gasteiger partial charge in [0.1, 0.15) is 0 Å². The van der Waals surface area contributed by atoms with Crippen LogP contribution in [0.2, 0.25) is 0 Å². The van der Waals surface area contributed by atoms with E-state index in [1.807, 2.05) is 18.2 Å². The molecule has 2 heterocycles. The van der Waals surface area contributed by atoms with E-state index >= 15 is 0 Å². The van der Waals surface area contributed by atoms with Crippen LogP contribution in [0.4, 0.5) is 5.13 Å². The number of thioether (sulfide) groups is 1. The van der Waals surface area contributed by atoms with E-state index in [0.29, 0.717) is 10.9 Å². The third-order valence-electron chi connectivity index (χ3n) is 5.34. The Morgan fingerprint density at radius 3 is 2.75 bits per heavy atom. The van der Waals surface area contributed by atoms with Gasteiger partial charge < -0.3 is 9.88 Å². The Bertz CT molecular complexity index is 1430. The Morgan fingerprint density at radius 2 is 1.88 bits per heavy atom. The SMILES string of the molecule is Cc1cccc(Cn2cc(SCC(=O)Nc3nc4ccc(C)cc4s3)c3ccccc32)c1. The highest BCUT2D eigenvalue weighted by Gasteiger charge is 2.13. The van der Waals surface area contributed by atoms with Gasteiger partial charge in [-0.2, -0.15) is 0 Å². The first-order valence-electron chi connectivity index (χ1n) is 10.5. The molecule has 0 unspecified atom stereocenters. The van der Waals surface area contributed by atoms with Crippen molar-refractivity contribution in [1.29, 1.82) is 0 Å². The highest BCUT2D eigenvalue weighted by Crippen LogP contribution is 2.31. The number of benzene rings is 3. The Labute approximate surface area is 195 Å². The number of rotatable bonds is 6. The van der Waals surface area contributed by atoms with Crippen molar-refractivity contribution < 1.29 is 4.79 Å². The lowest BCUT2D eigenvalue weighted by Crippen LogP contribution is -2.13. The van der Waals surface area contributed by atoms with Gasteiger partial charge in [0, 0.05) is 28.5 Å². The molecule has 0 saturated carbocycles. The first kappa shape index (κ1) is 20.8. The number of fused-ring (bicyclic) bond motifs is 2. The van der Waals surface area contributed by atoms with Crippen LogP contribution >= 0.6 is 23.1 Å². The van der Waals surface area contributed by atoms with Crippen molar-refractivity contribution in [2.24, 2.45) is 0 Å². The molecule has 0 radical (unpaired) electrons. The highest BCUT2D eigenvalue weighted by molar-refractivity contribution is 8.00. The average Bonchev–Trinajstić information content (AvgIpc) is 3.33. The Morgan fingerprint density at radius 1 is 1.03 bits per heavy atom. The second-order valence-electron chi connectivity index (χ2n) is 7.95. The molecular formula is C26H23N3OS2. The lowest BCUT2D eigenvalue weighted by atomic mass is 10.1. The van der Waals surface area contributed by atoms with Crippen LogP contribution in [-0.2, 0) is 11.3 Å². The van der Waals surface area contributed by atoms with Crippen molar-refractivity contribution >= 4 is 55.3 Å². The van der Waals surface area contributed by atoms with Crippen LogP contribution in [0.1, 0.15) is 16.7 Å². The molecule has 0 aliphatic heterocycles.